The van der Waals surface area contributed by atoms with E-state index in [0.29, 0.717) is 39.8 Å². The Hall–Kier alpha value is -1.98. The number of halogens is 2. The number of aromatic hydroxyl groups is 1. The molecular weight excluding hydrogens is 339 g/mol. The summed E-state index contributed by atoms with van der Waals surface area (Å²) >= 11 is 11.9. The van der Waals surface area contributed by atoms with Gasteiger partial charge in [-0.05, 0) is 38.5 Å². The molecule has 0 aliphatic carbocycles. The average Bonchev–Trinajstić information content (AvgIpc) is 2.83. The van der Waals surface area contributed by atoms with E-state index in [0.717, 1.165) is 0 Å². The molecule has 0 fully saturated rings. The summed E-state index contributed by atoms with van der Waals surface area (Å²) < 4.78 is 5.32. The van der Waals surface area contributed by atoms with Crippen LogP contribution in [0.2, 0.25) is 10.0 Å². The van der Waals surface area contributed by atoms with Crippen LogP contribution >= 0.6 is 23.2 Å². The quantitative estimate of drug-likeness (QED) is 0.628. The van der Waals surface area contributed by atoms with Crippen molar-refractivity contribution in [3.05, 3.63) is 50.9 Å². The van der Waals surface area contributed by atoms with Crippen molar-refractivity contribution in [3.63, 3.8) is 0 Å². The zero-order valence-electron chi connectivity index (χ0n) is 12.9. The molecule has 1 amide bonds. The number of hydrogen-bond donors (Lipinski definition) is 2. The molecule has 0 radical (unpaired) electrons. The van der Waals surface area contributed by atoms with Crippen molar-refractivity contribution in [1.82, 2.24) is 5.43 Å². The van der Waals surface area contributed by atoms with Crippen molar-refractivity contribution < 1.29 is 14.3 Å². The molecule has 1 heterocycles. The first-order valence-electron chi connectivity index (χ1n) is 6.95. The van der Waals surface area contributed by atoms with E-state index in [2.05, 4.69) is 10.5 Å². The van der Waals surface area contributed by atoms with Crippen molar-refractivity contribution >= 4 is 34.8 Å². The second-order valence-electron chi connectivity index (χ2n) is 4.96. The molecule has 2 N–H and O–H groups in total. The van der Waals surface area contributed by atoms with Gasteiger partial charge in [-0.15, -0.1) is 0 Å². The largest absolute Gasteiger partial charge is 0.506 e. The fraction of sp³-hybridized carbons (Fsp3) is 0.250. The standard InChI is InChI=1S/C16H16Cl2N2O3/c1-4-14(12-6-10(17)7-13(18)15(12)21)19-20-16(22)11-5-8(2)23-9(11)3/h5-7,21H,4H2,1-3H3,(H,20,22)/b19-14+. The summed E-state index contributed by atoms with van der Waals surface area (Å²) in [6, 6.07) is 4.62. The van der Waals surface area contributed by atoms with E-state index < -0.39 is 5.91 Å². The molecule has 2 aromatic rings. The Balaban J connectivity index is 2.30. The van der Waals surface area contributed by atoms with Crippen molar-refractivity contribution in [2.75, 3.05) is 0 Å². The van der Waals surface area contributed by atoms with Gasteiger partial charge in [-0.3, -0.25) is 4.79 Å². The topological polar surface area (TPSA) is 74.8 Å². The highest BCUT2D eigenvalue weighted by Crippen LogP contribution is 2.32. The van der Waals surface area contributed by atoms with Crippen LogP contribution in [0, 0.1) is 13.8 Å². The van der Waals surface area contributed by atoms with Gasteiger partial charge in [0.1, 0.15) is 17.3 Å². The molecule has 0 aliphatic heterocycles. The minimum absolute atomic E-state index is 0.124. The van der Waals surface area contributed by atoms with Crippen LogP contribution in [0.4, 0.5) is 0 Å². The zero-order chi connectivity index (χ0) is 17.1. The molecular formula is C16H16Cl2N2O3. The molecule has 0 unspecified atom stereocenters. The summed E-state index contributed by atoms with van der Waals surface area (Å²) in [7, 11) is 0. The normalized spacial score (nSPS) is 11.6. The highest BCUT2D eigenvalue weighted by molar-refractivity contribution is 6.36. The number of furan rings is 1. The molecule has 0 aliphatic rings. The SMILES string of the molecule is CC/C(=N\NC(=O)c1cc(C)oc1C)c1cc(Cl)cc(Cl)c1O. The summed E-state index contributed by atoms with van der Waals surface area (Å²) in [4.78, 5) is 12.2. The number of nitrogens with zero attached hydrogens (tertiary/aromatic N) is 1. The Bertz CT molecular complexity index is 782. The van der Waals surface area contributed by atoms with Crippen LogP contribution in [-0.4, -0.2) is 16.7 Å². The number of carbonyl (C=O) groups is 1. The summed E-state index contributed by atoms with van der Waals surface area (Å²) in [5.74, 6) is 0.646. The van der Waals surface area contributed by atoms with Gasteiger partial charge < -0.3 is 9.52 Å². The lowest BCUT2D eigenvalue weighted by molar-refractivity contribution is 0.0953. The van der Waals surface area contributed by atoms with Gasteiger partial charge in [0, 0.05) is 10.6 Å². The molecule has 7 heteroatoms. The summed E-state index contributed by atoms with van der Waals surface area (Å²) in [6.45, 7) is 5.30. The third-order valence-corrected chi connectivity index (χ3v) is 3.76. The molecule has 0 spiro atoms. The molecule has 23 heavy (non-hydrogen) atoms. The fourth-order valence-electron chi connectivity index (χ4n) is 2.15. The van der Waals surface area contributed by atoms with Gasteiger partial charge in [0.2, 0.25) is 0 Å². The van der Waals surface area contributed by atoms with Crippen molar-refractivity contribution in [3.8, 4) is 5.75 Å². The molecule has 1 aromatic heterocycles. The van der Waals surface area contributed by atoms with Gasteiger partial charge in [-0.1, -0.05) is 30.1 Å². The van der Waals surface area contributed by atoms with E-state index in [1.165, 1.54) is 6.07 Å². The number of phenolic OH excluding ortho intramolecular Hbond substituents is 1. The number of nitrogens with one attached hydrogen (secondary N) is 1. The molecule has 0 saturated heterocycles. The van der Waals surface area contributed by atoms with Crippen LogP contribution in [0.1, 0.15) is 40.8 Å². The number of benzene rings is 1. The van der Waals surface area contributed by atoms with E-state index in [1.807, 2.05) is 6.92 Å². The van der Waals surface area contributed by atoms with E-state index in [1.54, 1.807) is 26.0 Å². The number of carbonyl (C=O) groups excluding carboxylic acids is 1. The third kappa shape index (κ3) is 3.86. The smallest absolute Gasteiger partial charge is 0.274 e. The first-order valence-corrected chi connectivity index (χ1v) is 7.71. The first-order chi connectivity index (χ1) is 10.8. The molecule has 5 nitrogen and oxygen atoms in total. The number of aryl methyl sites for hydroxylation is 2. The Labute approximate surface area is 143 Å². The predicted molar refractivity (Wildman–Crippen MR) is 90.6 cm³/mol. The number of amides is 1. The van der Waals surface area contributed by atoms with Crippen LogP contribution in [0.3, 0.4) is 0 Å². The van der Waals surface area contributed by atoms with E-state index in [4.69, 9.17) is 27.6 Å². The summed E-state index contributed by atoms with van der Waals surface area (Å²) in [5.41, 5.74) is 3.71. The maximum absolute atomic E-state index is 12.2. The molecule has 0 saturated carbocycles. The lowest BCUT2D eigenvalue weighted by Gasteiger charge is -2.09. The Kier molecular flexibility index (Phi) is 5.34. The van der Waals surface area contributed by atoms with Gasteiger partial charge in [0.25, 0.3) is 5.91 Å². The Morgan fingerprint density at radius 2 is 1.96 bits per heavy atom. The summed E-state index contributed by atoms with van der Waals surface area (Å²) in [5, 5.41) is 14.6. The van der Waals surface area contributed by atoms with Crippen LogP contribution in [0.25, 0.3) is 0 Å². The minimum atomic E-state index is -0.391. The van der Waals surface area contributed by atoms with Gasteiger partial charge in [-0.25, -0.2) is 5.43 Å². The number of phenols is 1. The second-order valence-corrected chi connectivity index (χ2v) is 5.81. The van der Waals surface area contributed by atoms with Gasteiger partial charge in [0.05, 0.1) is 16.3 Å². The Morgan fingerprint density at radius 3 is 2.52 bits per heavy atom. The van der Waals surface area contributed by atoms with E-state index in [-0.39, 0.29) is 10.8 Å². The van der Waals surface area contributed by atoms with Gasteiger partial charge in [-0.2, -0.15) is 5.10 Å². The number of hydrazone groups is 1. The second kappa shape index (κ2) is 7.06. The maximum Gasteiger partial charge on any atom is 0.274 e. The maximum atomic E-state index is 12.2. The van der Waals surface area contributed by atoms with Crippen molar-refractivity contribution in [1.29, 1.82) is 0 Å². The first kappa shape index (κ1) is 17.4. The van der Waals surface area contributed by atoms with Gasteiger partial charge in [0.15, 0.2) is 0 Å². The molecule has 0 bridgehead atoms. The van der Waals surface area contributed by atoms with Crippen LogP contribution < -0.4 is 5.43 Å². The Morgan fingerprint density at radius 1 is 1.26 bits per heavy atom. The van der Waals surface area contributed by atoms with Crippen molar-refractivity contribution in [2.24, 2.45) is 5.10 Å². The molecule has 1 aromatic carbocycles. The van der Waals surface area contributed by atoms with Crippen LogP contribution in [-0.2, 0) is 0 Å². The number of hydrogen-bond acceptors (Lipinski definition) is 4. The van der Waals surface area contributed by atoms with E-state index >= 15 is 0 Å². The van der Waals surface area contributed by atoms with Gasteiger partial charge >= 0.3 is 0 Å². The number of rotatable bonds is 4. The summed E-state index contributed by atoms with van der Waals surface area (Å²) in [6.07, 6.45) is 0.466. The fourth-order valence-corrected chi connectivity index (χ4v) is 2.64. The highest BCUT2D eigenvalue weighted by Gasteiger charge is 2.15. The average molecular weight is 355 g/mol. The zero-order valence-corrected chi connectivity index (χ0v) is 14.4. The predicted octanol–water partition coefficient (Wildman–Crippen LogP) is 4.45. The highest BCUT2D eigenvalue weighted by atomic mass is 35.5. The van der Waals surface area contributed by atoms with E-state index in [9.17, 15) is 9.90 Å². The van der Waals surface area contributed by atoms with Crippen LogP contribution in [0.15, 0.2) is 27.7 Å². The molecule has 122 valence electrons. The molecule has 0 atom stereocenters. The lowest BCUT2D eigenvalue weighted by atomic mass is 10.1. The monoisotopic (exact) mass is 354 g/mol. The lowest BCUT2D eigenvalue weighted by Crippen LogP contribution is -2.20. The third-order valence-electron chi connectivity index (χ3n) is 3.25. The minimum Gasteiger partial charge on any atom is -0.506 e. The van der Waals surface area contributed by atoms with Crippen LogP contribution in [0.5, 0.6) is 5.75 Å². The molecule has 2 rings (SSSR count). The van der Waals surface area contributed by atoms with Crippen molar-refractivity contribution in [2.45, 2.75) is 27.2 Å².